The maximum absolute atomic E-state index is 5.34. The van der Waals surface area contributed by atoms with E-state index in [1.165, 1.54) is 22.3 Å². The zero-order valence-corrected chi connectivity index (χ0v) is 31.6. The maximum Gasteiger partial charge on any atom is 0.164 e. The zero-order valence-electron chi connectivity index (χ0n) is 31.6. The lowest BCUT2D eigenvalue weighted by molar-refractivity contribution is 0.660. The van der Waals surface area contributed by atoms with Crippen molar-refractivity contribution >= 4 is 0 Å². The number of hydrogen-bond donors (Lipinski definition) is 0. The normalized spacial score (nSPS) is 12.5. The first-order valence-electron chi connectivity index (χ1n) is 19.3. The van der Waals surface area contributed by atoms with Crippen LogP contribution in [0, 0.1) is 0 Å². The van der Waals surface area contributed by atoms with Gasteiger partial charge in [-0.15, -0.1) is 0 Å². The van der Waals surface area contributed by atoms with Crippen LogP contribution >= 0.6 is 0 Å². The number of fused-ring (bicyclic) bond motifs is 3. The quantitative estimate of drug-likeness (QED) is 0.163. The molecule has 270 valence electrons. The third-order valence-corrected chi connectivity index (χ3v) is 11.0. The summed E-state index contributed by atoms with van der Waals surface area (Å²) in [6.45, 7) is 4.61. The molecule has 10 rings (SSSR count). The standard InChI is InChI=1S/C52H37N5/c1-52(2)43-29-13-12-27-41(43)47-42(28-16-30-44(47)52)51-53-45(34-17-6-3-7-18-34)33-46(54-51)39-25-14-23-37(31-39)38-24-15-26-40(32-38)50-56-48(35-19-8-4-9-20-35)55-49(57-50)36-21-10-5-11-22-36/h3-33H,1-2H3. The van der Waals surface area contributed by atoms with Crippen molar-refractivity contribution in [1.29, 1.82) is 0 Å². The van der Waals surface area contributed by atoms with Crippen LogP contribution in [0.5, 0.6) is 0 Å². The second kappa shape index (κ2) is 14.0. The van der Waals surface area contributed by atoms with Gasteiger partial charge in [0, 0.05) is 38.8 Å². The molecule has 0 fully saturated rings. The molecule has 1 aliphatic carbocycles. The Morgan fingerprint density at radius 1 is 0.298 bits per heavy atom. The van der Waals surface area contributed by atoms with Crippen LogP contribution in [0.4, 0.5) is 0 Å². The summed E-state index contributed by atoms with van der Waals surface area (Å²) in [5, 5.41) is 0. The third-order valence-electron chi connectivity index (χ3n) is 11.0. The van der Waals surface area contributed by atoms with Crippen LogP contribution in [0.3, 0.4) is 0 Å². The fourth-order valence-electron chi connectivity index (χ4n) is 8.05. The predicted molar refractivity (Wildman–Crippen MR) is 231 cm³/mol. The summed E-state index contributed by atoms with van der Waals surface area (Å²) in [5.41, 5.74) is 14.7. The second-order valence-electron chi connectivity index (χ2n) is 14.9. The van der Waals surface area contributed by atoms with Crippen LogP contribution in [0.1, 0.15) is 25.0 Å². The van der Waals surface area contributed by atoms with Gasteiger partial charge in [0.1, 0.15) is 0 Å². The topological polar surface area (TPSA) is 64.5 Å². The molecular formula is C52H37N5. The molecule has 0 aliphatic heterocycles. The molecule has 5 heteroatoms. The van der Waals surface area contributed by atoms with Crippen molar-refractivity contribution < 1.29 is 0 Å². The lowest BCUT2D eigenvalue weighted by Crippen LogP contribution is -2.14. The summed E-state index contributed by atoms with van der Waals surface area (Å²) in [5.74, 6) is 2.60. The SMILES string of the molecule is CC1(C)c2ccccc2-c2c(-c3nc(-c4ccccc4)cc(-c4cccc(-c5cccc(-c6nc(-c7ccccc7)nc(-c7ccccc7)n6)c5)c4)n3)cccc21. The van der Waals surface area contributed by atoms with E-state index >= 15 is 0 Å². The summed E-state index contributed by atoms with van der Waals surface area (Å²) in [6, 6.07) is 64.9. The van der Waals surface area contributed by atoms with E-state index in [9.17, 15) is 0 Å². The molecular weight excluding hydrogens is 695 g/mol. The van der Waals surface area contributed by atoms with Crippen LogP contribution < -0.4 is 0 Å². The number of hydrogen-bond acceptors (Lipinski definition) is 5. The van der Waals surface area contributed by atoms with Crippen LogP contribution in [-0.2, 0) is 5.41 Å². The first-order chi connectivity index (χ1) is 28.0. The van der Waals surface area contributed by atoms with Gasteiger partial charge >= 0.3 is 0 Å². The summed E-state index contributed by atoms with van der Waals surface area (Å²) in [7, 11) is 0. The molecule has 57 heavy (non-hydrogen) atoms. The summed E-state index contributed by atoms with van der Waals surface area (Å²) >= 11 is 0. The molecule has 2 aromatic heterocycles. The molecule has 0 amide bonds. The van der Waals surface area contributed by atoms with Gasteiger partial charge in [0.25, 0.3) is 0 Å². The second-order valence-corrected chi connectivity index (χ2v) is 14.9. The monoisotopic (exact) mass is 731 g/mol. The van der Waals surface area contributed by atoms with Gasteiger partial charge in [0.05, 0.1) is 11.4 Å². The van der Waals surface area contributed by atoms with E-state index in [0.717, 1.165) is 55.9 Å². The highest BCUT2D eigenvalue weighted by atomic mass is 15.0. The van der Waals surface area contributed by atoms with Crippen molar-refractivity contribution in [2.24, 2.45) is 0 Å². The minimum absolute atomic E-state index is 0.127. The summed E-state index contributed by atoms with van der Waals surface area (Å²) in [4.78, 5) is 25.4. The Morgan fingerprint density at radius 2 is 0.719 bits per heavy atom. The molecule has 0 radical (unpaired) electrons. The van der Waals surface area contributed by atoms with Gasteiger partial charge in [-0.05, 0) is 51.6 Å². The lowest BCUT2D eigenvalue weighted by atomic mass is 9.82. The van der Waals surface area contributed by atoms with Gasteiger partial charge in [-0.1, -0.05) is 184 Å². The van der Waals surface area contributed by atoms with E-state index in [2.05, 4.69) is 135 Å². The fourth-order valence-corrected chi connectivity index (χ4v) is 8.05. The van der Waals surface area contributed by atoms with Crippen molar-refractivity contribution in [3.8, 4) is 90.3 Å². The minimum atomic E-state index is -0.127. The highest BCUT2D eigenvalue weighted by Crippen LogP contribution is 2.51. The number of benzene rings is 7. The van der Waals surface area contributed by atoms with Gasteiger partial charge in [0.15, 0.2) is 23.3 Å². The Hall–Kier alpha value is -7.37. The van der Waals surface area contributed by atoms with E-state index in [0.29, 0.717) is 23.3 Å². The van der Waals surface area contributed by atoms with Gasteiger partial charge in [0.2, 0.25) is 0 Å². The number of aromatic nitrogens is 5. The molecule has 5 nitrogen and oxygen atoms in total. The van der Waals surface area contributed by atoms with E-state index < -0.39 is 0 Å². The molecule has 0 bridgehead atoms. The van der Waals surface area contributed by atoms with Gasteiger partial charge in [-0.2, -0.15) is 0 Å². The van der Waals surface area contributed by atoms with Crippen molar-refractivity contribution in [3.05, 3.63) is 199 Å². The zero-order chi connectivity index (χ0) is 38.3. The van der Waals surface area contributed by atoms with Gasteiger partial charge in [-0.3, -0.25) is 0 Å². The third kappa shape index (κ3) is 6.29. The Labute approximate surface area is 332 Å². The fraction of sp³-hybridized carbons (Fsp3) is 0.0577. The molecule has 1 aliphatic rings. The summed E-state index contributed by atoms with van der Waals surface area (Å²) < 4.78 is 0. The van der Waals surface area contributed by atoms with E-state index in [4.69, 9.17) is 24.9 Å². The molecule has 2 heterocycles. The van der Waals surface area contributed by atoms with Crippen molar-refractivity contribution in [3.63, 3.8) is 0 Å². The Balaban J connectivity index is 1.08. The molecule has 0 unspecified atom stereocenters. The van der Waals surface area contributed by atoms with E-state index in [1.54, 1.807) is 0 Å². The molecule has 0 saturated carbocycles. The van der Waals surface area contributed by atoms with Crippen LogP contribution in [-0.4, -0.2) is 24.9 Å². The molecule has 9 aromatic rings. The van der Waals surface area contributed by atoms with Crippen molar-refractivity contribution in [2.45, 2.75) is 19.3 Å². The Bertz CT molecular complexity index is 2860. The smallest absolute Gasteiger partial charge is 0.164 e. The molecule has 0 spiro atoms. The van der Waals surface area contributed by atoms with Gasteiger partial charge in [-0.25, -0.2) is 24.9 Å². The highest BCUT2D eigenvalue weighted by molar-refractivity contribution is 5.91. The van der Waals surface area contributed by atoms with E-state index in [-0.39, 0.29) is 5.41 Å². The van der Waals surface area contributed by atoms with E-state index in [1.807, 2.05) is 66.7 Å². The highest BCUT2D eigenvalue weighted by Gasteiger charge is 2.37. The van der Waals surface area contributed by atoms with Crippen LogP contribution in [0.2, 0.25) is 0 Å². The van der Waals surface area contributed by atoms with Crippen molar-refractivity contribution in [2.75, 3.05) is 0 Å². The maximum atomic E-state index is 5.34. The number of nitrogens with zero attached hydrogens (tertiary/aromatic N) is 5. The van der Waals surface area contributed by atoms with Crippen molar-refractivity contribution in [1.82, 2.24) is 24.9 Å². The molecule has 7 aromatic carbocycles. The number of rotatable bonds is 7. The Morgan fingerprint density at radius 3 is 1.35 bits per heavy atom. The molecule has 0 N–H and O–H groups in total. The summed E-state index contributed by atoms with van der Waals surface area (Å²) in [6.07, 6.45) is 0. The lowest BCUT2D eigenvalue weighted by Gasteiger charge is -2.21. The first-order valence-corrected chi connectivity index (χ1v) is 19.3. The minimum Gasteiger partial charge on any atom is -0.228 e. The van der Waals surface area contributed by atoms with Gasteiger partial charge < -0.3 is 0 Å². The van der Waals surface area contributed by atoms with Crippen LogP contribution in [0.25, 0.3) is 90.3 Å². The van der Waals surface area contributed by atoms with Crippen LogP contribution in [0.15, 0.2) is 188 Å². The predicted octanol–water partition coefficient (Wildman–Crippen LogP) is 12.6. The molecule has 0 saturated heterocycles. The average Bonchev–Trinajstić information content (AvgIpc) is 3.53. The first kappa shape index (κ1) is 34.1. The largest absolute Gasteiger partial charge is 0.228 e. The Kier molecular flexibility index (Phi) is 8.41. The average molecular weight is 732 g/mol. The molecule has 0 atom stereocenters.